The summed E-state index contributed by atoms with van der Waals surface area (Å²) >= 11 is 7.94. The van der Waals surface area contributed by atoms with Gasteiger partial charge >= 0.3 is 4.50 Å². The molecule has 3 heteroatoms. The molecule has 1 aromatic carbocycles. The van der Waals surface area contributed by atoms with Crippen LogP contribution < -0.4 is 0 Å². The maximum Gasteiger partial charge on any atom is 0.306 e. The first kappa shape index (κ1) is 8.81. The van der Waals surface area contributed by atoms with Crippen molar-refractivity contribution in [3.8, 4) is 0 Å². The van der Waals surface area contributed by atoms with Crippen LogP contribution in [-0.2, 0) is 13.0 Å². The molecular weight excluding hydrogens is 214 g/mol. The standard InChI is InChI=1S/C11H11ClNS/c12-11-13-6-9-4-2-1-3-8(9)5-10(13)7-14-11/h1-4,10H,5-7H2/q+1. The van der Waals surface area contributed by atoms with E-state index in [1.165, 1.54) is 11.1 Å². The van der Waals surface area contributed by atoms with E-state index in [4.69, 9.17) is 11.6 Å². The molecule has 3 rings (SSSR count). The van der Waals surface area contributed by atoms with E-state index in [-0.39, 0.29) is 0 Å². The highest BCUT2D eigenvalue weighted by molar-refractivity contribution is 8.16. The van der Waals surface area contributed by atoms with Gasteiger partial charge in [0, 0.05) is 12.0 Å². The maximum atomic E-state index is 6.16. The van der Waals surface area contributed by atoms with Crippen molar-refractivity contribution in [1.82, 2.24) is 0 Å². The van der Waals surface area contributed by atoms with Crippen LogP contribution >= 0.6 is 23.4 Å². The van der Waals surface area contributed by atoms with Crippen molar-refractivity contribution < 1.29 is 4.58 Å². The van der Waals surface area contributed by atoms with Gasteiger partial charge in [-0.1, -0.05) is 24.3 Å². The number of thioether (sulfide) groups is 1. The zero-order chi connectivity index (χ0) is 9.54. The van der Waals surface area contributed by atoms with E-state index in [1.807, 2.05) is 0 Å². The summed E-state index contributed by atoms with van der Waals surface area (Å²) in [6, 6.07) is 9.31. The molecule has 1 nitrogen and oxygen atoms in total. The molecule has 0 spiro atoms. The van der Waals surface area contributed by atoms with E-state index in [1.54, 1.807) is 11.8 Å². The third kappa shape index (κ3) is 1.29. The number of fused-ring (bicyclic) bond motifs is 2. The molecule has 0 amide bonds. The first-order chi connectivity index (χ1) is 6.84. The lowest BCUT2D eigenvalue weighted by Crippen LogP contribution is -2.32. The van der Waals surface area contributed by atoms with Gasteiger partial charge in [-0.05, 0) is 28.9 Å². The van der Waals surface area contributed by atoms with Gasteiger partial charge in [-0.3, -0.25) is 0 Å². The van der Waals surface area contributed by atoms with Crippen LogP contribution in [0.1, 0.15) is 11.1 Å². The van der Waals surface area contributed by atoms with E-state index in [2.05, 4.69) is 28.8 Å². The van der Waals surface area contributed by atoms with Crippen LogP contribution in [0.5, 0.6) is 0 Å². The van der Waals surface area contributed by atoms with Gasteiger partial charge in [0.25, 0.3) is 0 Å². The Morgan fingerprint density at radius 1 is 1.29 bits per heavy atom. The van der Waals surface area contributed by atoms with Gasteiger partial charge < -0.3 is 0 Å². The van der Waals surface area contributed by atoms with Crippen LogP contribution in [0.3, 0.4) is 0 Å². The fourth-order valence-electron chi connectivity index (χ4n) is 2.19. The Morgan fingerprint density at radius 3 is 2.93 bits per heavy atom. The molecule has 0 saturated carbocycles. The van der Waals surface area contributed by atoms with Crippen molar-refractivity contribution in [2.45, 2.75) is 19.0 Å². The molecule has 14 heavy (non-hydrogen) atoms. The molecule has 2 aliphatic heterocycles. The van der Waals surface area contributed by atoms with Crippen LogP contribution in [0.4, 0.5) is 0 Å². The maximum absolute atomic E-state index is 6.16. The van der Waals surface area contributed by atoms with Gasteiger partial charge in [-0.25, -0.2) is 4.58 Å². The zero-order valence-corrected chi connectivity index (χ0v) is 9.31. The van der Waals surface area contributed by atoms with Gasteiger partial charge in [-0.2, -0.15) is 0 Å². The largest absolute Gasteiger partial charge is 0.306 e. The second-order valence-electron chi connectivity index (χ2n) is 3.82. The Bertz CT molecular complexity index is 414. The second-order valence-corrected chi connectivity index (χ2v) is 5.41. The van der Waals surface area contributed by atoms with Crippen molar-refractivity contribution in [3.63, 3.8) is 0 Å². The molecule has 0 aromatic heterocycles. The molecule has 2 heterocycles. The van der Waals surface area contributed by atoms with E-state index in [9.17, 15) is 0 Å². The molecule has 1 atom stereocenters. The van der Waals surface area contributed by atoms with Crippen LogP contribution in [0, 0.1) is 0 Å². The highest BCUT2D eigenvalue weighted by atomic mass is 35.5. The Kier molecular flexibility index (Phi) is 2.06. The Hall–Kier alpha value is -0.470. The van der Waals surface area contributed by atoms with Crippen molar-refractivity contribution in [1.29, 1.82) is 0 Å². The lowest BCUT2D eigenvalue weighted by atomic mass is 9.96. The Balaban J connectivity index is 2.05. The minimum absolute atomic E-state index is 0.627. The summed E-state index contributed by atoms with van der Waals surface area (Å²) < 4.78 is 3.30. The molecular formula is C11H11ClNS+. The first-order valence-electron chi connectivity index (χ1n) is 4.83. The molecule has 1 unspecified atom stereocenters. The summed E-state index contributed by atoms with van der Waals surface area (Å²) in [4.78, 5) is 0. The molecule has 0 fully saturated rings. The van der Waals surface area contributed by atoms with E-state index in [0.717, 1.165) is 23.2 Å². The number of halogens is 1. The summed E-state index contributed by atoms with van der Waals surface area (Å²) in [7, 11) is 0. The van der Waals surface area contributed by atoms with Crippen LogP contribution in [0.25, 0.3) is 0 Å². The van der Waals surface area contributed by atoms with Gasteiger partial charge in [0.05, 0.1) is 5.75 Å². The molecule has 2 aliphatic rings. The molecule has 0 saturated heterocycles. The minimum atomic E-state index is 0.627. The normalized spacial score (nSPS) is 24.8. The predicted octanol–water partition coefficient (Wildman–Crippen LogP) is 2.47. The second kappa shape index (κ2) is 3.28. The summed E-state index contributed by atoms with van der Waals surface area (Å²) in [6.45, 7) is 0.993. The van der Waals surface area contributed by atoms with Crippen molar-refractivity contribution in [2.75, 3.05) is 5.75 Å². The van der Waals surface area contributed by atoms with Crippen LogP contribution in [0.2, 0.25) is 0 Å². The third-order valence-electron chi connectivity index (χ3n) is 2.98. The molecule has 1 aromatic rings. The minimum Gasteiger partial charge on any atom is -0.206 e. The van der Waals surface area contributed by atoms with Gasteiger partial charge in [0.15, 0.2) is 12.6 Å². The van der Waals surface area contributed by atoms with Gasteiger partial charge in [-0.15, -0.1) is 0 Å². The fourth-order valence-corrected chi connectivity index (χ4v) is 3.58. The summed E-state index contributed by atoms with van der Waals surface area (Å²) in [5, 5.41) is 0. The van der Waals surface area contributed by atoms with Crippen molar-refractivity contribution >= 4 is 27.9 Å². The Morgan fingerprint density at radius 2 is 2.07 bits per heavy atom. The summed E-state index contributed by atoms with van der Waals surface area (Å²) in [5.74, 6) is 1.15. The smallest absolute Gasteiger partial charge is 0.206 e. The number of hydrogen-bond donors (Lipinski definition) is 0. The van der Waals surface area contributed by atoms with Crippen LogP contribution in [-0.4, -0.2) is 20.9 Å². The average molecular weight is 225 g/mol. The van der Waals surface area contributed by atoms with Crippen LogP contribution in [0.15, 0.2) is 24.3 Å². The molecule has 72 valence electrons. The highest BCUT2D eigenvalue weighted by Gasteiger charge is 2.36. The number of nitrogens with zero attached hydrogens (tertiary/aromatic N) is 1. The summed E-state index contributed by atoms with van der Waals surface area (Å²) in [6.07, 6.45) is 1.15. The monoisotopic (exact) mass is 224 g/mol. The van der Waals surface area contributed by atoms with Gasteiger partial charge in [0.2, 0.25) is 0 Å². The number of hydrogen-bond acceptors (Lipinski definition) is 1. The zero-order valence-electron chi connectivity index (χ0n) is 7.74. The van der Waals surface area contributed by atoms with E-state index in [0.29, 0.717) is 6.04 Å². The lowest BCUT2D eigenvalue weighted by molar-refractivity contribution is -0.573. The van der Waals surface area contributed by atoms with Crippen molar-refractivity contribution in [3.05, 3.63) is 35.4 Å². The molecule has 0 radical (unpaired) electrons. The van der Waals surface area contributed by atoms with Gasteiger partial charge in [0.1, 0.15) is 0 Å². The quantitative estimate of drug-likeness (QED) is 0.612. The number of benzene rings is 1. The molecule has 0 N–H and O–H groups in total. The van der Waals surface area contributed by atoms with E-state index < -0.39 is 0 Å². The van der Waals surface area contributed by atoms with E-state index >= 15 is 0 Å². The topological polar surface area (TPSA) is 3.01 Å². The SMILES string of the molecule is ClC1=[N+]2Cc3ccccc3CC2CS1. The molecule has 0 aliphatic carbocycles. The summed E-state index contributed by atoms with van der Waals surface area (Å²) in [5.41, 5.74) is 2.94. The lowest BCUT2D eigenvalue weighted by Gasteiger charge is -2.18. The third-order valence-corrected chi connectivity index (χ3v) is 4.54. The highest BCUT2D eigenvalue weighted by Crippen LogP contribution is 2.29. The molecule has 0 bridgehead atoms. The predicted molar refractivity (Wildman–Crippen MR) is 61.2 cm³/mol. The first-order valence-corrected chi connectivity index (χ1v) is 6.19. The number of rotatable bonds is 0. The average Bonchev–Trinajstić information content (AvgIpc) is 2.57. The van der Waals surface area contributed by atoms with Crippen molar-refractivity contribution in [2.24, 2.45) is 0 Å². The fraction of sp³-hybridized carbons (Fsp3) is 0.364. The Labute approximate surface area is 92.8 Å².